The molecule has 4 heteroatoms. The van der Waals surface area contributed by atoms with Crippen molar-refractivity contribution in [1.82, 2.24) is 4.98 Å². The molecule has 0 atom stereocenters. The summed E-state index contributed by atoms with van der Waals surface area (Å²) in [6.07, 6.45) is 0. The molecular formula is C8H7N3S. The van der Waals surface area contributed by atoms with Crippen molar-refractivity contribution < 1.29 is 0 Å². The highest BCUT2D eigenvalue weighted by atomic mass is 32.1. The summed E-state index contributed by atoms with van der Waals surface area (Å²) in [7, 11) is 0. The quantitative estimate of drug-likeness (QED) is 0.581. The highest BCUT2D eigenvalue weighted by Gasteiger charge is 1.95. The van der Waals surface area contributed by atoms with Crippen LogP contribution in [0.2, 0.25) is 0 Å². The van der Waals surface area contributed by atoms with Gasteiger partial charge in [0.1, 0.15) is 0 Å². The first-order valence-electron chi connectivity index (χ1n) is 3.38. The molecule has 60 valence electrons. The summed E-state index contributed by atoms with van der Waals surface area (Å²) in [6.45, 7) is 2.03. The third kappa shape index (κ3) is 1.57. The molecule has 0 saturated heterocycles. The monoisotopic (exact) mass is 177 g/mol. The second-order valence-electron chi connectivity index (χ2n) is 2.20. The highest BCUT2D eigenvalue weighted by Crippen LogP contribution is 2.19. The number of aromatic nitrogens is 1. The van der Waals surface area contributed by atoms with Gasteiger partial charge in [-0.3, -0.25) is 0 Å². The standard InChI is InChI=1S/C8H7NS.N2/c1-6-9-7-4-2-3-5-8(7)10-6;1-2/h2-5H,1H3;. The van der Waals surface area contributed by atoms with Gasteiger partial charge in [-0.1, -0.05) is 12.1 Å². The fourth-order valence-electron chi connectivity index (χ4n) is 0.987. The zero-order valence-electron chi connectivity index (χ0n) is 6.56. The summed E-state index contributed by atoms with van der Waals surface area (Å²) in [5.41, 5.74) is 1.12. The predicted octanol–water partition coefficient (Wildman–Crippen LogP) is 2.63. The molecule has 12 heavy (non-hydrogen) atoms. The van der Waals surface area contributed by atoms with Crippen molar-refractivity contribution >= 4 is 21.6 Å². The van der Waals surface area contributed by atoms with Crippen LogP contribution in [0.3, 0.4) is 0 Å². The Bertz CT molecular complexity index is 358. The van der Waals surface area contributed by atoms with E-state index < -0.39 is 0 Å². The van der Waals surface area contributed by atoms with Crippen molar-refractivity contribution in [2.45, 2.75) is 6.92 Å². The summed E-state index contributed by atoms with van der Waals surface area (Å²) in [5, 5.41) is 13.1. The highest BCUT2D eigenvalue weighted by molar-refractivity contribution is 7.18. The first-order valence-corrected chi connectivity index (χ1v) is 4.20. The maximum absolute atomic E-state index is 6.00. The molecule has 0 N–H and O–H groups in total. The van der Waals surface area contributed by atoms with Crippen LogP contribution >= 0.6 is 11.3 Å². The summed E-state index contributed by atoms with van der Waals surface area (Å²) in [6, 6.07) is 8.19. The Hall–Kier alpha value is -1.47. The Morgan fingerprint density at radius 1 is 1.25 bits per heavy atom. The summed E-state index contributed by atoms with van der Waals surface area (Å²) >= 11 is 1.74. The SMILES string of the molecule is Cc1nc2ccccc2s1.N#N. The maximum Gasteiger partial charge on any atom is 0.0907 e. The maximum atomic E-state index is 6.00. The molecule has 0 aliphatic rings. The van der Waals surface area contributed by atoms with Crippen molar-refractivity contribution in [1.29, 1.82) is 10.8 Å². The lowest BCUT2D eigenvalue weighted by Gasteiger charge is -1.80. The van der Waals surface area contributed by atoms with E-state index in [-0.39, 0.29) is 0 Å². The van der Waals surface area contributed by atoms with E-state index in [2.05, 4.69) is 11.1 Å². The van der Waals surface area contributed by atoms with E-state index in [0.717, 1.165) is 10.5 Å². The average molecular weight is 177 g/mol. The lowest BCUT2D eigenvalue weighted by Crippen LogP contribution is -1.65. The smallest absolute Gasteiger partial charge is 0.0907 e. The molecule has 1 aromatic heterocycles. The number of para-hydroxylation sites is 1. The van der Waals surface area contributed by atoms with Crippen LogP contribution in [0.1, 0.15) is 5.01 Å². The largest absolute Gasteiger partial charge is 0.242 e. The number of rotatable bonds is 0. The molecule has 0 aliphatic heterocycles. The number of hydrogen-bond donors (Lipinski definition) is 0. The van der Waals surface area contributed by atoms with Crippen molar-refractivity contribution in [3.05, 3.63) is 29.3 Å². The number of nitrogens with zero attached hydrogens (tertiary/aromatic N) is 3. The second kappa shape index (κ2) is 3.79. The van der Waals surface area contributed by atoms with Gasteiger partial charge < -0.3 is 0 Å². The van der Waals surface area contributed by atoms with Gasteiger partial charge in [-0.05, 0) is 19.1 Å². The van der Waals surface area contributed by atoms with E-state index in [0.29, 0.717) is 0 Å². The molecule has 0 fully saturated rings. The molecule has 2 rings (SSSR count). The Balaban J connectivity index is 0.000000336. The first kappa shape index (κ1) is 8.62. The molecule has 3 nitrogen and oxygen atoms in total. The second-order valence-corrected chi connectivity index (χ2v) is 3.44. The molecule has 2 aromatic rings. The van der Waals surface area contributed by atoms with Crippen LogP contribution in [0.25, 0.3) is 10.2 Å². The van der Waals surface area contributed by atoms with Crippen LogP contribution in [0.4, 0.5) is 0 Å². The number of fused-ring (bicyclic) bond motifs is 1. The predicted molar refractivity (Wildman–Crippen MR) is 47.8 cm³/mol. The summed E-state index contributed by atoms with van der Waals surface area (Å²) < 4.78 is 1.28. The van der Waals surface area contributed by atoms with Crippen molar-refractivity contribution in [2.24, 2.45) is 0 Å². The molecule has 0 saturated carbocycles. The first-order chi connectivity index (χ1) is 5.86. The molecule has 0 radical (unpaired) electrons. The average Bonchev–Trinajstić information content (AvgIpc) is 2.48. The van der Waals surface area contributed by atoms with E-state index in [1.807, 2.05) is 25.1 Å². The van der Waals surface area contributed by atoms with Gasteiger partial charge in [0.15, 0.2) is 0 Å². The minimum absolute atomic E-state index is 1.12. The van der Waals surface area contributed by atoms with Gasteiger partial charge in [0.2, 0.25) is 0 Å². The van der Waals surface area contributed by atoms with E-state index in [1.54, 1.807) is 11.3 Å². The number of aryl methyl sites for hydroxylation is 1. The topological polar surface area (TPSA) is 60.5 Å². The van der Waals surface area contributed by atoms with Crippen molar-refractivity contribution in [3.8, 4) is 0 Å². The van der Waals surface area contributed by atoms with Crippen LogP contribution in [-0.2, 0) is 0 Å². The minimum Gasteiger partial charge on any atom is -0.242 e. The lowest BCUT2D eigenvalue weighted by atomic mass is 10.3. The molecular weight excluding hydrogens is 170 g/mol. The third-order valence-electron chi connectivity index (χ3n) is 1.40. The fraction of sp³-hybridized carbons (Fsp3) is 0.125. The van der Waals surface area contributed by atoms with Gasteiger partial charge in [0.25, 0.3) is 0 Å². The summed E-state index contributed by atoms with van der Waals surface area (Å²) in [4.78, 5) is 4.33. The zero-order valence-corrected chi connectivity index (χ0v) is 7.38. The van der Waals surface area contributed by atoms with Crippen molar-refractivity contribution in [2.75, 3.05) is 0 Å². The summed E-state index contributed by atoms with van der Waals surface area (Å²) in [5.74, 6) is 0. The molecule has 0 unspecified atom stereocenters. The Morgan fingerprint density at radius 2 is 1.92 bits per heavy atom. The van der Waals surface area contributed by atoms with E-state index in [4.69, 9.17) is 10.8 Å². The third-order valence-corrected chi connectivity index (χ3v) is 2.35. The van der Waals surface area contributed by atoms with Crippen LogP contribution in [0.5, 0.6) is 0 Å². The lowest BCUT2D eigenvalue weighted by molar-refractivity contribution is 1.15. The van der Waals surface area contributed by atoms with E-state index >= 15 is 0 Å². The van der Waals surface area contributed by atoms with Crippen LogP contribution in [-0.4, -0.2) is 4.98 Å². The van der Waals surface area contributed by atoms with Gasteiger partial charge in [-0.15, -0.1) is 11.3 Å². The van der Waals surface area contributed by atoms with E-state index in [1.165, 1.54) is 4.70 Å². The molecule has 0 aliphatic carbocycles. The fourth-order valence-corrected chi connectivity index (χ4v) is 1.81. The van der Waals surface area contributed by atoms with E-state index in [9.17, 15) is 0 Å². The van der Waals surface area contributed by atoms with Gasteiger partial charge in [-0.25, -0.2) is 4.98 Å². The molecule has 1 aromatic carbocycles. The zero-order chi connectivity index (χ0) is 8.97. The number of benzene rings is 1. The number of thiazole rings is 1. The van der Waals surface area contributed by atoms with Gasteiger partial charge in [0, 0.05) is 10.8 Å². The minimum atomic E-state index is 1.12. The Labute approximate surface area is 74.1 Å². The van der Waals surface area contributed by atoms with Gasteiger partial charge in [-0.2, -0.15) is 0 Å². The normalized spacial score (nSPS) is 8.92. The molecule has 1 heterocycles. The molecule has 0 bridgehead atoms. The van der Waals surface area contributed by atoms with Gasteiger partial charge >= 0.3 is 0 Å². The van der Waals surface area contributed by atoms with Crippen LogP contribution in [0.15, 0.2) is 24.3 Å². The van der Waals surface area contributed by atoms with Crippen molar-refractivity contribution in [3.63, 3.8) is 0 Å². The molecule has 0 spiro atoms. The Morgan fingerprint density at radius 3 is 2.58 bits per heavy atom. The Kier molecular flexibility index (Phi) is 2.72. The number of hydrogen-bond acceptors (Lipinski definition) is 4. The van der Waals surface area contributed by atoms with Crippen LogP contribution in [0, 0.1) is 17.7 Å². The van der Waals surface area contributed by atoms with Gasteiger partial charge in [0.05, 0.1) is 15.2 Å². The molecule has 0 amide bonds. The van der Waals surface area contributed by atoms with Crippen LogP contribution < -0.4 is 0 Å².